The lowest BCUT2D eigenvalue weighted by atomic mass is 10.0. The molecular formula is C15H22N2O3. The minimum atomic E-state index is -0.201. The van der Waals surface area contributed by atoms with E-state index in [9.17, 15) is 4.79 Å². The molecule has 1 aliphatic heterocycles. The number of rotatable bonds is 6. The highest BCUT2D eigenvalue weighted by Gasteiger charge is 2.14. The molecule has 0 aromatic heterocycles. The van der Waals surface area contributed by atoms with Crippen LogP contribution in [-0.2, 0) is 27.3 Å². The number of hydrazine groups is 1. The summed E-state index contributed by atoms with van der Waals surface area (Å²) in [5, 5.41) is 0. The van der Waals surface area contributed by atoms with Gasteiger partial charge in [0.2, 0.25) is 5.91 Å². The molecule has 0 spiro atoms. The molecule has 1 aromatic carbocycles. The number of amides is 1. The molecule has 0 aliphatic carbocycles. The number of nitrogens with one attached hydrogen (secondary N) is 1. The van der Waals surface area contributed by atoms with Crippen LogP contribution in [0.3, 0.4) is 0 Å². The van der Waals surface area contributed by atoms with Crippen LogP contribution in [0.25, 0.3) is 0 Å². The number of ether oxygens (including phenoxy) is 2. The summed E-state index contributed by atoms with van der Waals surface area (Å²) in [5.41, 5.74) is 4.11. The Kier molecular flexibility index (Phi) is 5.98. The lowest BCUT2D eigenvalue weighted by molar-refractivity contribution is -0.120. The van der Waals surface area contributed by atoms with Gasteiger partial charge in [-0.3, -0.25) is 10.2 Å². The van der Waals surface area contributed by atoms with E-state index in [-0.39, 0.29) is 18.4 Å². The molecular weight excluding hydrogens is 256 g/mol. The van der Waals surface area contributed by atoms with Gasteiger partial charge in [0, 0.05) is 6.61 Å². The van der Waals surface area contributed by atoms with Crippen molar-refractivity contribution in [3.05, 3.63) is 35.4 Å². The summed E-state index contributed by atoms with van der Waals surface area (Å²) >= 11 is 0. The second-order valence-corrected chi connectivity index (χ2v) is 5.02. The third-order valence-corrected chi connectivity index (χ3v) is 3.47. The van der Waals surface area contributed by atoms with Crippen molar-refractivity contribution in [1.82, 2.24) is 5.43 Å². The molecule has 1 unspecified atom stereocenters. The highest BCUT2D eigenvalue weighted by Crippen LogP contribution is 2.15. The Hall–Kier alpha value is -1.43. The Morgan fingerprint density at radius 1 is 1.35 bits per heavy atom. The van der Waals surface area contributed by atoms with Crippen molar-refractivity contribution in [1.29, 1.82) is 0 Å². The minimum absolute atomic E-state index is 0.201. The summed E-state index contributed by atoms with van der Waals surface area (Å²) in [7, 11) is 0. The Balaban J connectivity index is 1.83. The van der Waals surface area contributed by atoms with Crippen LogP contribution in [0.2, 0.25) is 0 Å². The first-order valence-corrected chi connectivity index (χ1v) is 7.05. The fourth-order valence-corrected chi connectivity index (χ4v) is 2.33. The quantitative estimate of drug-likeness (QED) is 0.467. The molecule has 110 valence electrons. The summed E-state index contributed by atoms with van der Waals surface area (Å²) < 4.78 is 11.3. The molecule has 1 saturated heterocycles. The number of carbonyl (C=O) groups is 1. The summed E-state index contributed by atoms with van der Waals surface area (Å²) in [6, 6.07) is 7.75. The van der Waals surface area contributed by atoms with Gasteiger partial charge in [-0.15, -0.1) is 0 Å². The van der Waals surface area contributed by atoms with Gasteiger partial charge in [-0.25, -0.2) is 5.84 Å². The zero-order chi connectivity index (χ0) is 14.2. The van der Waals surface area contributed by atoms with E-state index in [1.54, 1.807) is 0 Å². The van der Waals surface area contributed by atoms with Gasteiger partial charge in [-0.1, -0.05) is 24.3 Å². The molecule has 0 saturated carbocycles. The minimum Gasteiger partial charge on any atom is -0.376 e. The molecule has 3 N–H and O–H groups in total. The van der Waals surface area contributed by atoms with Crippen LogP contribution in [0.4, 0.5) is 0 Å². The molecule has 0 radical (unpaired) electrons. The maximum Gasteiger partial charge on any atom is 0.238 e. The Labute approximate surface area is 119 Å². The van der Waals surface area contributed by atoms with Crippen LogP contribution in [0.1, 0.15) is 30.4 Å². The molecule has 5 heteroatoms. The number of hydrogen-bond acceptors (Lipinski definition) is 4. The second kappa shape index (κ2) is 7.99. The fourth-order valence-electron chi connectivity index (χ4n) is 2.33. The van der Waals surface area contributed by atoms with Crippen molar-refractivity contribution in [2.45, 2.75) is 38.4 Å². The van der Waals surface area contributed by atoms with Crippen molar-refractivity contribution in [2.24, 2.45) is 5.84 Å². The van der Waals surface area contributed by atoms with E-state index in [1.807, 2.05) is 24.3 Å². The van der Waals surface area contributed by atoms with Crippen LogP contribution in [0, 0.1) is 0 Å². The maximum absolute atomic E-state index is 11.4. The molecule has 1 aliphatic rings. The maximum atomic E-state index is 11.4. The Morgan fingerprint density at radius 3 is 2.85 bits per heavy atom. The average molecular weight is 278 g/mol. The standard InChI is InChI=1S/C15H22N2O3/c16-17-15(18)9-12-5-1-2-6-13(12)10-19-11-14-7-3-4-8-20-14/h1-2,5-6,14H,3-4,7-11,16H2,(H,17,18). The molecule has 1 amide bonds. The lowest BCUT2D eigenvalue weighted by Crippen LogP contribution is -2.31. The highest BCUT2D eigenvalue weighted by molar-refractivity contribution is 5.78. The van der Waals surface area contributed by atoms with E-state index in [0.29, 0.717) is 13.2 Å². The zero-order valence-electron chi connectivity index (χ0n) is 11.6. The summed E-state index contributed by atoms with van der Waals surface area (Å²) in [5.74, 6) is 4.92. The predicted molar refractivity (Wildman–Crippen MR) is 75.7 cm³/mol. The topological polar surface area (TPSA) is 73.6 Å². The molecule has 1 heterocycles. The normalized spacial score (nSPS) is 18.8. The van der Waals surface area contributed by atoms with E-state index in [0.717, 1.165) is 30.6 Å². The van der Waals surface area contributed by atoms with Gasteiger partial charge in [0.1, 0.15) is 0 Å². The van der Waals surface area contributed by atoms with Gasteiger partial charge in [0.25, 0.3) is 0 Å². The van der Waals surface area contributed by atoms with Crippen LogP contribution >= 0.6 is 0 Å². The van der Waals surface area contributed by atoms with Crippen molar-refractivity contribution in [3.63, 3.8) is 0 Å². The first-order chi connectivity index (χ1) is 9.79. The molecule has 5 nitrogen and oxygen atoms in total. The van der Waals surface area contributed by atoms with E-state index in [2.05, 4.69) is 5.43 Å². The largest absolute Gasteiger partial charge is 0.376 e. The Bertz CT molecular complexity index is 431. The van der Waals surface area contributed by atoms with Crippen molar-refractivity contribution >= 4 is 5.91 Å². The molecule has 20 heavy (non-hydrogen) atoms. The number of nitrogens with two attached hydrogens (primary N) is 1. The first-order valence-electron chi connectivity index (χ1n) is 7.05. The summed E-state index contributed by atoms with van der Waals surface area (Å²) in [4.78, 5) is 11.4. The van der Waals surface area contributed by atoms with Crippen LogP contribution in [0.5, 0.6) is 0 Å². The molecule has 1 fully saturated rings. The fraction of sp³-hybridized carbons (Fsp3) is 0.533. The summed E-state index contributed by atoms with van der Waals surface area (Å²) in [6.07, 6.45) is 3.91. The number of carbonyl (C=O) groups excluding carboxylic acids is 1. The van der Waals surface area contributed by atoms with E-state index >= 15 is 0 Å². The SMILES string of the molecule is NNC(=O)Cc1ccccc1COCC1CCCCO1. The highest BCUT2D eigenvalue weighted by atomic mass is 16.5. The van der Waals surface area contributed by atoms with E-state index in [4.69, 9.17) is 15.3 Å². The van der Waals surface area contributed by atoms with Crippen LogP contribution in [-0.4, -0.2) is 25.2 Å². The van der Waals surface area contributed by atoms with Gasteiger partial charge >= 0.3 is 0 Å². The molecule has 1 atom stereocenters. The lowest BCUT2D eigenvalue weighted by Gasteiger charge is -2.22. The van der Waals surface area contributed by atoms with Gasteiger partial charge in [0.05, 0.1) is 25.7 Å². The van der Waals surface area contributed by atoms with Crippen molar-refractivity contribution in [2.75, 3.05) is 13.2 Å². The molecule has 1 aromatic rings. The predicted octanol–water partition coefficient (Wildman–Crippen LogP) is 1.30. The van der Waals surface area contributed by atoms with Gasteiger partial charge in [-0.2, -0.15) is 0 Å². The van der Waals surface area contributed by atoms with E-state index in [1.165, 1.54) is 6.42 Å². The van der Waals surface area contributed by atoms with E-state index < -0.39 is 0 Å². The van der Waals surface area contributed by atoms with Crippen LogP contribution < -0.4 is 11.3 Å². The van der Waals surface area contributed by atoms with Gasteiger partial charge in [0.15, 0.2) is 0 Å². The average Bonchev–Trinajstić information content (AvgIpc) is 2.50. The van der Waals surface area contributed by atoms with Crippen molar-refractivity contribution in [3.8, 4) is 0 Å². The Morgan fingerprint density at radius 2 is 2.15 bits per heavy atom. The third kappa shape index (κ3) is 4.59. The van der Waals surface area contributed by atoms with Crippen molar-refractivity contribution < 1.29 is 14.3 Å². The summed E-state index contributed by atoms with van der Waals surface area (Å²) in [6.45, 7) is 1.94. The third-order valence-electron chi connectivity index (χ3n) is 3.47. The number of benzene rings is 1. The molecule has 2 rings (SSSR count). The number of hydrogen-bond donors (Lipinski definition) is 2. The molecule has 0 bridgehead atoms. The monoisotopic (exact) mass is 278 g/mol. The zero-order valence-corrected chi connectivity index (χ0v) is 11.6. The smallest absolute Gasteiger partial charge is 0.238 e. The van der Waals surface area contributed by atoms with Gasteiger partial charge in [-0.05, 0) is 30.4 Å². The second-order valence-electron chi connectivity index (χ2n) is 5.02. The first kappa shape index (κ1) is 15.0. The van der Waals surface area contributed by atoms with Gasteiger partial charge < -0.3 is 9.47 Å². The van der Waals surface area contributed by atoms with Crippen LogP contribution in [0.15, 0.2) is 24.3 Å².